The maximum absolute atomic E-state index is 13.1. The minimum Gasteiger partial charge on any atom is -0.469 e. The highest BCUT2D eigenvalue weighted by Crippen LogP contribution is 2.45. The molecule has 1 fully saturated rings. The highest BCUT2D eigenvalue weighted by molar-refractivity contribution is 6.99. The normalized spacial score (nSPS) is 21.2. The van der Waals surface area contributed by atoms with Gasteiger partial charge in [0.25, 0.3) is 8.32 Å². The highest BCUT2D eigenvalue weighted by atomic mass is 28.4. The third-order valence-corrected chi connectivity index (χ3v) is 25.5. The van der Waals surface area contributed by atoms with E-state index in [0.717, 1.165) is 42.7 Å². The van der Waals surface area contributed by atoms with E-state index in [1.807, 2.05) is 0 Å². The van der Waals surface area contributed by atoms with Crippen LogP contribution in [0.5, 0.6) is 0 Å². The molecule has 0 aliphatic heterocycles. The largest absolute Gasteiger partial charge is 0.469 e. The van der Waals surface area contributed by atoms with Gasteiger partial charge in [0, 0.05) is 18.4 Å². The van der Waals surface area contributed by atoms with E-state index in [0.29, 0.717) is 13.0 Å². The van der Waals surface area contributed by atoms with E-state index in [2.05, 4.69) is 123 Å². The Morgan fingerprint density at radius 3 is 1.44 bits per heavy atom. The highest BCUT2D eigenvalue weighted by Gasteiger charge is 2.54. The number of carbonyl (C=O) groups excluding carboxylic acids is 1. The molecule has 1 aliphatic rings. The van der Waals surface area contributed by atoms with Gasteiger partial charge in [-0.05, 0) is 58.1 Å². The molecule has 0 N–H and O–H groups in total. The van der Waals surface area contributed by atoms with Crippen molar-refractivity contribution in [2.24, 2.45) is 11.8 Å². The van der Waals surface area contributed by atoms with Crippen molar-refractivity contribution in [3.05, 3.63) is 60.7 Å². The van der Waals surface area contributed by atoms with E-state index in [9.17, 15) is 4.79 Å². The zero-order chi connectivity index (χ0) is 33.3. The fraction of sp³-hybridized carbons (Fsp3) is 0.649. The van der Waals surface area contributed by atoms with Gasteiger partial charge in [-0.1, -0.05) is 123 Å². The maximum atomic E-state index is 13.1. The molecular formula is C37H62O5Si3. The van der Waals surface area contributed by atoms with Crippen molar-refractivity contribution in [1.82, 2.24) is 0 Å². The molecule has 0 amide bonds. The zero-order valence-electron chi connectivity index (χ0n) is 30.0. The number of hydrogen-bond acceptors (Lipinski definition) is 5. The van der Waals surface area contributed by atoms with Crippen LogP contribution in [0.4, 0.5) is 0 Å². The molecule has 0 bridgehead atoms. The zero-order valence-corrected chi connectivity index (χ0v) is 33.0. The van der Waals surface area contributed by atoms with Crippen LogP contribution in [-0.2, 0) is 22.8 Å². The molecule has 0 heterocycles. The summed E-state index contributed by atoms with van der Waals surface area (Å²) in [5, 5.41) is 2.40. The molecule has 5 nitrogen and oxygen atoms in total. The fourth-order valence-electron chi connectivity index (χ4n) is 7.82. The van der Waals surface area contributed by atoms with Gasteiger partial charge in [-0.3, -0.25) is 4.79 Å². The van der Waals surface area contributed by atoms with Gasteiger partial charge >= 0.3 is 5.97 Å². The van der Waals surface area contributed by atoms with Crippen molar-refractivity contribution in [1.29, 1.82) is 0 Å². The first-order valence-electron chi connectivity index (χ1n) is 17.6. The first-order valence-corrected chi connectivity index (χ1v) is 24.6. The Balaban J connectivity index is 2.17. The van der Waals surface area contributed by atoms with Crippen molar-refractivity contribution >= 4 is 41.3 Å². The average molecular weight is 671 g/mol. The molecule has 3 rings (SSSR count). The van der Waals surface area contributed by atoms with Crippen molar-refractivity contribution in [3.8, 4) is 0 Å². The van der Waals surface area contributed by atoms with Crippen LogP contribution in [0.15, 0.2) is 60.7 Å². The fourth-order valence-corrected chi connectivity index (χ4v) is 18.2. The Morgan fingerprint density at radius 2 is 1.09 bits per heavy atom. The number of ether oxygens (including phenoxy) is 1. The van der Waals surface area contributed by atoms with Gasteiger partial charge in [0.05, 0.1) is 25.7 Å². The van der Waals surface area contributed by atoms with Crippen molar-refractivity contribution < 1.29 is 22.8 Å². The predicted molar refractivity (Wildman–Crippen MR) is 196 cm³/mol. The maximum Gasteiger partial charge on any atom is 0.305 e. The van der Waals surface area contributed by atoms with Crippen LogP contribution >= 0.6 is 0 Å². The predicted octanol–water partition coefficient (Wildman–Crippen LogP) is 8.54. The summed E-state index contributed by atoms with van der Waals surface area (Å²) in [5.74, 6) is -0.162. The molecule has 1 aliphatic carbocycles. The van der Waals surface area contributed by atoms with E-state index in [1.54, 1.807) is 0 Å². The minimum atomic E-state index is -2.79. The Morgan fingerprint density at radius 1 is 0.689 bits per heavy atom. The van der Waals surface area contributed by atoms with Crippen molar-refractivity contribution in [3.63, 3.8) is 0 Å². The molecule has 45 heavy (non-hydrogen) atoms. The lowest BCUT2D eigenvalue weighted by molar-refractivity contribution is -0.143. The standard InChI is InChI=1S/C37H62O5Si3/c1-11-43(12-2,13-3)41-34-28-35(42-44(14-4,15-5)16-6)33(32(34)27-36(38)39-10)29-40-45(37(7,8)9,30-23-19-17-20-24-30)31-25-21-18-22-26-31/h17-26,32-35H,11-16,27-29H2,1-10H3/t32-,33+,34-,35+/m0/s1. The smallest absolute Gasteiger partial charge is 0.305 e. The van der Waals surface area contributed by atoms with Gasteiger partial charge in [-0.15, -0.1) is 0 Å². The molecular weight excluding hydrogens is 609 g/mol. The molecule has 1 saturated carbocycles. The Hall–Kier alpha value is -1.56. The number of hydrogen-bond donors (Lipinski definition) is 0. The number of esters is 1. The second kappa shape index (κ2) is 16.5. The van der Waals surface area contributed by atoms with Crippen LogP contribution in [0.25, 0.3) is 0 Å². The van der Waals surface area contributed by atoms with Gasteiger partial charge in [-0.2, -0.15) is 0 Å². The van der Waals surface area contributed by atoms with Crippen LogP contribution in [-0.4, -0.2) is 56.8 Å². The molecule has 2 aromatic rings. The van der Waals surface area contributed by atoms with Crippen molar-refractivity contribution in [2.75, 3.05) is 13.7 Å². The van der Waals surface area contributed by atoms with E-state index in [1.165, 1.54) is 17.5 Å². The van der Waals surface area contributed by atoms with E-state index in [-0.39, 0.29) is 35.1 Å². The molecule has 2 aromatic carbocycles. The summed E-state index contributed by atoms with van der Waals surface area (Å²) in [5.41, 5.74) is 0. The van der Waals surface area contributed by atoms with Crippen LogP contribution in [0.2, 0.25) is 41.3 Å². The number of benzene rings is 2. The van der Waals surface area contributed by atoms with Crippen LogP contribution in [0, 0.1) is 11.8 Å². The molecule has 8 heteroatoms. The molecule has 0 spiro atoms. The molecule has 0 unspecified atom stereocenters. The Kier molecular flexibility index (Phi) is 13.9. The summed E-state index contributed by atoms with van der Waals surface area (Å²) >= 11 is 0. The van der Waals surface area contributed by atoms with Crippen LogP contribution in [0.3, 0.4) is 0 Å². The molecule has 0 saturated heterocycles. The van der Waals surface area contributed by atoms with E-state index >= 15 is 0 Å². The summed E-state index contributed by atoms with van der Waals surface area (Å²) < 4.78 is 27.5. The summed E-state index contributed by atoms with van der Waals surface area (Å²) in [4.78, 5) is 13.1. The number of rotatable bonds is 17. The SMILES string of the molecule is CC[Si](CC)(CC)O[C@H]1C[C@@H](O[Si](CC)(CC)CC)[C@H](CO[Si](c2ccccc2)(c2ccccc2)C(C)(C)C)[C@@H]1CC(=O)OC. The van der Waals surface area contributed by atoms with Gasteiger partial charge in [-0.25, -0.2) is 0 Å². The number of methoxy groups -OCH3 is 1. The second-order valence-corrected chi connectivity index (χ2v) is 27.9. The lowest BCUT2D eigenvalue weighted by atomic mass is 9.91. The number of carbonyl (C=O) groups is 1. The lowest BCUT2D eigenvalue weighted by Crippen LogP contribution is -2.67. The van der Waals surface area contributed by atoms with Gasteiger partial charge in [0.2, 0.25) is 0 Å². The second-order valence-electron chi connectivity index (χ2n) is 14.1. The third-order valence-electron chi connectivity index (χ3n) is 11.2. The third kappa shape index (κ3) is 8.30. The Bertz CT molecular complexity index is 1110. The summed E-state index contributed by atoms with van der Waals surface area (Å²) in [6, 6.07) is 28.2. The van der Waals surface area contributed by atoms with E-state index < -0.39 is 25.0 Å². The van der Waals surface area contributed by atoms with Crippen LogP contribution in [0.1, 0.15) is 75.2 Å². The first kappa shape index (κ1) is 37.9. The lowest BCUT2D eigenvalue weighted by Gasteiger charge is -2.44. The average Bonchev–Trinajstić information content (AvgIpc) is 3.37. The monoisotopic (exact) mass is 670 g/mol. The molecule has 0 aromatic heterocycles. The summed E-state index contributed by atoms with van der Waals surface area (Å²) in [6.45, 7) is 21.2. The summed E-state index contributed by atoms with van der Waals surface area (Å²) in [7, 11) is -5.20. The molecule has 4 atom stereocenters. The molecule has 0 radical (unpaired) electrons. The van der Waals surface area contributed by atoms with Crippen LogP contribution < -0.4 is 10.4 Å². The quantitative estimate of drug-likeness (QED) is 0.125. The minimum absolute atomic E-state index is 0.00773. The van der Waals surface area contributed by atoms with Crippen molar-refractivity contribution in [2.45, 2.75) is 129 Å². The topological polar surface area (TPSA) is 54.0 Å². The van der Waals surface area contributed by atoms with Gasteiger partial charge < -0.3 is 18.0 Å². The Labute approximate surface area is 278 Å². The molecule has 252 valence electrons. The first-order chi connectivity index (χ1) is 21.4. The van der Waals surface area contributed by atoms with Gasteiger partial charge in [0.15, 0.2) is 16.6 Å². The summed E-state index contributed by atoms with van der Waals surface area (Å²) in [6.07, 6.45) is 1.10. The van der Waals surface area contributed by atoms with E-state index in [4.69, 9.17) is 18.0 Å². The van der Waals surface area contributed by atoms with Gasteiger partial charge in [0.1, 0.15) is 0 Å².